The van der Waals surface area contributed by atoms with Gasteiger partial charge in [0.05, 0.1) is 24.2 Å². The first-order valence-electron chi connectivity index (χ1n) is 11.6. The summed E-state index contributed by atoms with van der Waals surface area (Å²) in [7, 11) is 1.55. The topological polar surface area (TPSA) is 125 Å². The number of nitrogens with zero attached hydrogens (tertiary/aromatic N) is 1. The Morgan fingerprint density at radius 1 is 0.919 bits per heavy atom. The van der Waals surface area contributed by atoms with Gasteiger partial charge in [0.25, 0.3) is 0 Å². The van der Waals surface area contributed by atoms with E-state index in [1.54, 1.807) is 49.6 Å². The lowest BCUT2D eigenvalue weighted by molar-refractivity contribution is -0.385. The van der Waals surface area contributed by atoms with Crippen molar-refractivity contribution in [2.24, 2.45) is 0 Å². The maximum Gasteiger partial charge on any atom is 0.343 e. The fraction of sp³-hybridized carbons (Fsp3) is 0.214. The van der Waals surface area contributed by atoms with Crippen LogP contribution in [0.1, 0.15) is 36.0 Å². The van der Waals surface area contributed by atoms with Gasteiger partial charge in [-0.3, -0.25) is 10.1 Å². The summed E-state index contributed by atoms with van der Waals surface area (Å²) >= 11 is 0. The van der Waals surface area contributed by atoms with E-state index in [2.05, 4.69) is 6.58 Å². The molecule has 192 valence electrons. The number of carbonyl (C=O) groups excluding carboxylic acids is 1. The molecule has 0 bridgehead atoms. The number of unbranched alkanes of at least 4 members (excludes halogenated alkanes) is 2. The van der Waals surface area contributed by atoms with E-state index in [0.29, 0.717) is 36.5 Å². The van der Waals surface area contributed by atoms with Gasteiger partial charge in [0.1, 0.15) is 11.5 Å². The number of rotatable bonds is 13. The fourth-order valence-corrected chi connectivity index (χ4v) is 3.47. The molecule has 0 fully saturated rings. The average Bonchev–Trinajstić information content (AvgIpc) is 2.90. The third kappa shape index (κ3) is 7.66. The summed E-state index contributed by atoms with van der Waals surface area (Å²) in [6.45, 7) is 3.94. The van der Waals surface area contributed by atoms with Gasteiger partial charge in [0.2, 0.25) is 5.75 Å². The van der Waals surface area contributed by atoms with E-state index in [4.69, 9.17) is 19.3 Å². The average molecular weight is 506 g/mol. The number of hydrogen-bond acceptors (Lipinski definition) is 7. The third-order valence-electron chi connectivity index (χ3n) is 5.57. The molecule has 0 radical (unpaired) electrons. The van der Waals surface area contributed by atoms with Gasteiger partial charge in [-0.1, -0.05) is 24.8 Å². The highest BCUT2D eigenvalue weighted by molar-refractivity contribution is 5.92. The van der Waals surface area contributed by atoms with Crippen molar-refractivity contribution in [2.45, 2.75) is 25.7 Å². The van der Waals surface area contributed by atoms with Crippen molar-refractivity contribution in [1.82, 2.24) is 0 Å². The Kier molecular flexibility index (Phi) is 9.37. The predicted octanol–water partition coefficient (Wildman–Crippen LogP) is 6.07. The normalized spacial score (nSPS) is 10.4. The number of carbonyl (C=O) groups is 2. The van der Waals surface area contributed by atoms with Crippen LogP contribution in [-0.4, -0.2) is 35.7 Å². The summed E-state index contributed by atoms with van der Waals surface area (Å²) in [5.41, 5.74) is 1.44. The molecule has 0 spiro atoms. The van der Waals surface area contributed by atoms with Gasteiger partial charge in [-0.25, -0.2) is 9.59 Å². The lowest BCUT2D eigenvalue weighted by atomic mass is 10.0. The molecule has 0 aromatic heterocycles. The van der Waals surface area contributed by atoms with Gasteiger partial charge >= 0.3 is 17.6 Å². The first-order chi connectivity index (χ1) is 17.8. The molecule has 0 aliphatic rings. The molecule has 0 saturated carbocycles. The molecule has 0 atom stereocenters. The van der Waals surface area contributed by atoms with Crippen molar-refractivity contribution in [3.8, 4) is 28.4 Å². The Morgan fingerprint density at radius 2 is 1.57 bits per heavy atom. The van der Waals surface area contributed by atoms with Crippen LogP contribution in [0.4, 0.5) is 5.69 Å². The van der Waals surface area contributed by atoms with Crippen LogP contribution in [0.5, 0.6) is 17.2 Å². The quantitative estimate of drug-likeness (QED) is 0.0741. The number of ether oxygens (including phenoxy) is 3. The number of aliphatic carboxylic acids is 1. The van der Waals surface area contributed by atoms with E-state index < -0.39 is 16.9 Å². The van der Waals surface area contributed by atoms with E-state index >= 15 is 0 Å². The van der Waals surface area contributed by atoms with Crippen LogP contribution in [0.2, 0.25) is 0 Å². The molecule has 3 aromatic carbocycles. The zero-order valence-corrected chi connectivity index (χ0v) is 20.3. The SMILES string of the molecule is C=C(CCCCCOc1ccc(C(=O)Oc2ccc(-c3ccc(OC)cc3)cc2[N+](=O)[O-])cc1)C(=O)O. The number of hydrogen-bond donors (Lipinski definition) is 1. The van der Waals surface area contributed by atoms with Crippen molar-refractivity contribution in [3.05, 3.63) is 94.6 Å². The van der Waals surface area contributed by atoms with Crippen LogP contribution in [0, 0.1) is 10.1 Å². The standard InChI is InChI=1S/C28H27NO8/c1-19(27(30)31)6-4-3-5-17-36-24-14-9-21(10-15-24)28(32)37-26-16-11-22(18-25(26)29(33)34)20-7-12-23(35-2)13-8-20/h7-16,18H,1,3-6,17H2,2H3,(H,30,31). The van der Waals surface area contributed by atoms with E-state index in [-0.39, 0.29) is 22.6 Å². The zero-order valence-electron chi connectivity index (χ0n) is 20.3. The first-order valence-corrected chi connectivity index (χ1v) is 11.6. The van der Waals surface area contributed by atoms with Gasteiger partial charge in [-0.05, 0) is 79.3 Å². The van der Waals surface area contributed by atoms with Gasteiger partial charge in [-0.15, -0.1) is 0 Å². The van der Waals surface area contributed by atoms with Crippen molar-refractivity contribution in [2.75, 3.05) is 13.7 Å². The van der Waals surface area contributed by atoms with Crippen molar-refractivity contribution in [1.29, 1.82) is 0 Å². The maximum absolute atomic E-state index is 12.6. The molecule has 0 aliphatic carbocycles. The van der Waals surface area contributed by atoms with Crippen molar-refractivity contribution < 1.29 is 33.8 Å². The summed E-state index contributed by atoms with van der Waals surface area (Å²) < 4.78 is 16.1. The van der Waals surface area contributed by atoms with Crippen LogP contribution in [0.25, 0.3) is 11.1 Å². The van der Waals surface area contributed by atoms with Crippen LogP contribution in [0.15, 0.2) is 78.9 Å². The molecule has 3 aromatic rings. The van der Waals surface area contributed by atoms with Crippen LogP contribution in [0.3, 0.4) is 0 Å². The monoisotopic (exact) mass is 505 g/mol. The van der Waals surface area contributed by atoms with Gasteiger partial charge in [0, 0.05) is 11.6 Å². The molecule has 37 heavy (non-hydrogen) atoms. The summed E-state index contributed by atoms with van der Waals surface area (Å²) in [5, 5.41) is 20.4. The second kappa shape index (κ2) is 12.9. The zero-order chi connectivity index (χ0) is 26.8. The largest absolute Gasteiger partial charge is 0.497 e. The molecule has 9 heteroatoms. The number of carboxylic acid groups (broad SMARTS) is 1. The smallest absolute Gasteiger partial charge is 0.343 e. The lowest BCUT2D eigenvalue weighted by Crippen LogP contribution is -2.10. The van der Waals surface area contributed by atoms with E-state index in [1.807, 2.05) is 0 Å². The molecule has 1 N–H and O–H groups in total. The number of nitro groups is 1. The van der Waals surface area contributed by atoms with Crippen LogP contribution < -0.4 is 14.2 Å². The highest BCUT2D eigenvalue weighted by Gasteiger charge is 2.20. The summed E-state index contributed by atoms with van der Waals surface area (Å²) in [5.74, 6) is -0.639. The molecule has 0 aliphatic heterocycles. The molecular weight excluding hydrogens is 478 g/mol. The summed E-state index contributed by atoms with van der Waals surface area (Å²) in [6, 6.07) is 17.7. The Morgan fingerprint density at radius 3 is 2.19 bits per heavy atom. The van der Waals surface area contributed by atoms with Crippen LogP contribution >= 0.6 is 0 Å². The fourth-order valence-electron chi connectivity index (χ4n) is 3.47. The minimum atomic E-state index is -0.977. The van der Waals surface area contributed by atoms with Crippen molar-refractivity contribution in [3.63, 3.8) is 0 Å². The highest BCUT2D eigenvalue weighted by Crippen LogP contribution is 2.33. The summed E-state index contributed by atoms with van der Waals surface area (Å²) in [4.78, 5) is 34.4. The van der Waals surface area contributed by atoms with E-state index in [1.165, 1.54) is 24.3 Å². The van der Waals surface area contributed by atoms with Gasteiger partial charge in [0.15, 0.2) is 0 Å². The minimum absolute atomic E-state index is 0.154. The number of methoxy groups -OCH3 is 1. The Bertz CT molecular complexity index is 1270. The second-order valence-corrected chi connectivity index (χ2v) is 8.15. The van der Waals surface area contributed by atoms with Gasteiger partial charge < -0.3 is 19.3 Å². The second-order valence-electron chi connectivity index (χ2n) is 8.15. The Hall–Kier alpha value is -4.66. The number of carboxylic acids is 1. The Labute approximate surface area is 214 Å². The summed E-state index contributed by atoms with van der Waals surface area (Å²) in [6.07, 6.45) is 2.70. The van der Waals surface area contributed by atoms with Crippen molar-refractivity contribution >= 4 is 17.6 Å². The molecule has 0 amide bonds. The van der Waals surface area contributed by atoms with Crippen LogP contribution in [-0.2, 0) is 4.79 Å². The molecule has 0 saturated heterocycles. The molecular formula is C28H27NO8. The van der Waals surface area contributed by atoms with E-state index in [9.17, 15) is 19.7 Å². The number of benzene rings is 3. The third-order valence-corrected chi connectivity index (χ3v) is 5.57. The lowest BCUT2D eigenvalue weighted by Gasteiger charge is -2.09. The molecule has 0 heterocycles. The first kappa shape index (κ1) is 26.9. The number of nitro benzene ring substituents is 1. The number of esters is 1. The molecule has 3 rings (SSSR count). The maximum atomic E-state index is 12.6. The predicted molar refractivity (Wildman–Crippen MR) is 137 cm³/mol. The minimum Gasteiger partial charge on any atom is -0.497 e. The van der Waals surface area contributed by atoms with Gasteiger partial charge in [-0.2, -0.15) is 0 Å². The Balaban J connectivity index is 1.57. The highest BCUT2D eigenvalue weighted by atomic mass is 16.6. The molecule has 0 unspecified atom stereocenters. The van der Waals surface area contributed by atoms with E-state index in [0.717, 1.165) is 18.4 Å². The molecule has 9 nitrogen and oxygen atoms in total.